The number of alkyl halides is 3. The molecule has 2 heterocycles. The Morgan fingerprint density at radius 2 is 2.24 bits per heavy atom. The van der Waals surface area contributed by atoms with E-state index in [9.17, 15) is 18.0 Å². The van der Waals surface area contributed by atoms with Crippen LogP contribution < -0.4 is 5.32 Å². The van der Waals surface area contributed by atoms with E-state index in [2.05, 4.69) is 15.5 Å². The number of nitrogens with one attached hydrogen (secondary N) is 1. The first-order chi connectivity index (χ1) is 9.91. The largest absolute Gasteiger partial charge is 0.393 e. The van der Waals surface area contributed by atoms with Crippen LogP contribution in [0.5, 0.6) is 0 Å². The Bertz CT molecular complexity index is 491. The SMILES string of the molecule is CCCNc1nnc(C(=O)N2CCCC(C(F)(F)F)C2)s1. The average Bonchev–Trinajstić information content (AvgIpc) is 2.92. The summed E-state index contributed by atoms with van der Waals surface area (Å²) in [6.07, 6.45) is -2.92. The molecule has 1 aliphatic heterocycles. The lowest BCUT2D eigenvalue weighted by molar-refractivity contribution is -0.184. The highest BCUT2D eigenvalue weighted by atomic mass is 32.1. The van der Waals surface area contributed by atoms with E-state index in [4.69, 9.17) is 0 Å². The van der Waals surface area contributed by atoms with Gasteiger partial charge < -0.3 is 10.2 Å². The van der Waals surface area contributed by atoms with E-state index in [1.54, 1.807) is 0 Å². The van der Waals surface area contributed by atoms with Crippen LogP contribution in [-0.4, -0.2) is 46.8 Å². The maximum atomic E-state index is 12.8. The zero-order valence-corrected chi connectivity index (χ0v) is 12.4. The molecule has 2 rings (SSSR count). The van der Waals surface area contributed by atoms with E-state index in [1.807, 2.05) is 6.92 Å². The van der Waals surface area contributed by atoms with E-state index in [0.717, 1.165) is 17.8 Å². The van der Waals surface area contributed by atoms with Crippen LogP contribution in [0, 0.1) is 5.92 Å². The number of amides is 1. The van der Waals surface area contributed by atoms with E-state index in [1.165, 1.54) is 4.90 Å². The molecule has 0 aromatic carbocycles. The van der Waals surface area contributed by atoms with Crippen LogP contribution in [0.15, 0.2) is 0 Å². The molecular weight excluding hydrogens is 305 g/mol. The van der Waals surface area contributed by atoms with Crippen LogP contribution in [0.1, 0.15) is 36.0 Å². The van der Waals surface area contributed by atoms with Crippen molar-refractivity contribution in [3.8, 4) is 0 Å². The summed E-state index contributed by atoms with van der Waals surface area (Å²) in [6.45, 7) is 2.75. The van der Waals surface area contributed by atoms with Crippen LogP contribution in [0.2, 0.25) is 0 Å². The third-order valence-corrected chi connectivity index (χ3v) is 4.17. The number of anilines is 1. The summed E-state index contributed by atoms with van der Waals surface area (Å²) in [6, 6.07) is 0. The quantitative estimate of drug-likeness (QED) is 0.926. The molecule has 0 spiro atoms. The van der Waals surface area contributed by atoms with E-state index in [0.29, 0.717) is 24.6 Å². The van der Waals surface area contributed by atoms with E-state index < -0.39 is 18.0 Å². The summed E-state index contributed by atoms with van der Waals surface area (Å²) >= 11 is 1.08. The minimum Gasteiger partial charge on any atom is -0.360 e. The number of rotatable bonds is 4. The van der Waals surface area contributed by atoms with Gasteiger partial charge in [0, 0.05) is 19.6 Å². The van der Waals surface area contributed by atoms with Gasteiger partial charge in [0.05, 0.1) is 5.92 Å². The topological polar surface area (TPSA) is 58.1 Å². The molecule has 1 saturated heterocycles. The fraction of sp³-hybridized carbons (Fsp3) is 0.750. The summed E-state index contributed by atoms with van der Waals surface area (Å²) in [4.78, 5) is 13.4. The number of nitrogens with zero attached hydrogens (tertiary/aromatic N) is 3. The third kappa shape index (κ3) is 4.05. The van der Waals surface area contributed by atoms with Gasteiger partial charge in [0.25, 0.3) is 5.91 Å². The number of carbonyl (C=O) groups is 1. The van der Waals surface area contributed by atoms with Gasteiger partial charge >= 0.3 is 6.18 Å². The molecular formula is C12H17F3N4OS. The molecule has 1 aromatic rings. The Labute approximate surface area is 124 Å². The van der Waals surface area contributed by atoms with Crippen LogP contribution in [0.3, 0.4) is 0 Å². The number of piperidine rings is 1. The van der Waals surface area contributed by atoms with Crippen molar-refractivity contribution in [1.82, 2.24) is 15.1 Å². The second kappa shape index (κ2) is 6.59. The molecule has 0 radical (unpaired) electrons. The molecule has 1 amide bonds. The van der Waals surface area contributed by atoms with Gasteiger partial charge in [0.2, 0.25) is 10.1 Å². The average molecular weight is 322 g/mol. The number of carbonyl (C=O) groups excluding carboxylic acids is 1. The van der Waals surface area contributed by atoms with Crippen molar-refractivity contribution in [2.24, 2.45) is 5.92 Å². The Hall–Kier alpha value is -1.38. The standard InChI is InChI=1S/C12H17F3N4OS/c1-2-5-16-11-18-17-9(21-11)10(20)19-6-3-4-8(7-19)12(13,14)15/h8H,2-7H2,1H3,(H,16,18). The lowest BCUT2D eigenvalue weighted by Crippen LogP contribution is -2.44. The van der Waals surface area contributed by atoms with Crippen LogP contribution in [0.4, 0.5) is 18.3 Å². The van der Waals surface area contributed by atoms with Crippen molar-refractivity contribution in [3.05, 3.63) is 5.01 Å². The van der Waals surface area contributed by atoms with E-state index >= 15 is 0 Å². The Morgan fingerprint density at radius 3 is 2.90 bits per heavy atom. The Kier molecular flexibility index (Phi) is 5.02. The van der Waals surface area contributed by atoms with Crippen LogP contribution >= 0.6 is 11.3 Å². The smallest absolute Gasteiger partial charge is 0.360 e. The second-order valence-electron chi connectivity index (χ2n) is 4.97. The first kappa shape index (κ1) is 16.0. The molecule has 1 N–H and O–H groups in total. The number of halogens is 3. The highest BCUT2D eigenvalue weighted by Gasteiger charge is 2.43. The van der Waals surface area contributed by atoms with Gasteiger partial charge in [-0.1, -0.05) is 18.3 Å². The highest BCUT2D eigenvalue weighted by Crippen LogP contribution is 2.33. The molecule has 1 aromatic heterocycles. The molecule has 0 saturated carbocycles. The zero-order chi connectivity index (χ0) is 15.5. The third-order valence-electron chi connectivity index (χ3n) is 3.31. The number of likely N-dealkylation sites (tertiary alicyclic amines) is 1. The summed E-state index contributed by atoms with van der Waals surface area (Å²) < 4.78 is 38.3. The van der Waals surface area contributed by atoms with Gasteiger partial charge in [-0.05, 0) is 19.3 Å². The molecule has 118 valence electrons. The van der Waals surface area contributed by atoms with Gasteiger partial charge in [-0.15, -0.1) is 10.2 Å². The fourth-order valence-electron chi connectivity index (χ4n) is 2.18. The maximum Gasteiger partial charge on any atom is 0.393 e. The fourth-order valence-corrected chi connectivity index (χ4v) is 2.91. The predicted octanol–water partition coefficient (Wildman–Crippen LogP) is 2.77. The summed E-state index contributed by atoms with van der Waals surface area (Å²) in [5, 5.41) is 11.2. The zero-order valence-electron chi connectivity index (χ0n) is 11.6. The van der Waals surface area contributed by atoms with Crippen molar-refractivity contribution in [2.45, 2.75) is 32.4 Å². The molecule has 1 fully saturated rings. The molecule has 1 atom stereocenters. The molecule has 9 heteroatoms. The maximum absolute atomic E-state index is 12.8. The molecule has 0 bridgehead atoms. The Balaban J connectivity index is 2.00. The predicted molar refractivity (Wildman–Crippen MR) is 73.4 cm³/mol. The van der Waals surface area contributed by atoms with Gasteiger partial charge in [-0.2, -0.15) is 13.2 Å². The molecule has 0 aliphatic carbocycles. The van der Waals surface area contributed by atoms with Crippen LogP contribution in [-0.2, 0) is 0 Å². The molecule has 21 heavy (non-hydrogen) atoms. The van der Waals surface area contributed by atoms with Gasteiger partial charge in [0.1, 0.15) is 0 Å². The summed E-state index contributed by atoms with van der Waals surface area (Å²) in [7, 11) is 0. The van der Waals surface area contributed by atoms with Gasteiger partial charge in [0.15, 0.2) is 0 Å². The lowest BCUT2D eigenvalue weighted by Gasteiger charge is -2.33. The summed E-state index contributed by atoms with van der Waals surface area (Å²) in [5.41, 5.74) is 0. The molecule has 1 aliphatic rings. The van der Waals surface area contributed by atoms with Crippen LogP contribution in [0.25, 0.3) is 0 Å². The van der Waals surface area contributed by atoms with E-state index in [-0.39, 0.29) is 18.0 Å². The molecule has 5 nitrogen and oxygen atoms in total. The first-order valence-electron chi connectivity index (χ1n) is 6.85. The highest BCUT2D eigenvalue weighted by molar-refractivity contribution is 7.17. The Morgan fingerprint density at radius 1 is 1.48 bits per heavy atom. The second-order valence-corrected chi connectivity index (χ2v) is 5.95. The number of hydrogen-bond acceptors (Lipinski definition) is 5. The molecule has 1 unspecified atom stereocenters. The van der Waals surface area contributed by atoms with Crippen molar-refractivity contribution in [1.29, 1.82) is 0 Å². The normalized spacial score (nSPS) is 19.6. The first-order valence-corrected chi connectivity index (χ1v) is 7.66. The van der Waals surface area contributed by atoms with Crippen molar-refractivity contribution in [2.75, 3.05) is 25.0 Å². The minimum absolute atomic E-state index is 0.0761. The number of aromatic nitrogens is 2. The monoisotopic (exact) mass is 322 g/mol. The summed E-state index contributed by atoms with van der Waals surface area (Å²) in [5.74, 6) is -1.91. The van der Waals surface area contributed by atoms with Crippen molar-refractivity contribution in [3.63, 3.8) is 0 Å². The van der Waals surface area contributed by atoms with Gasteiger partial charge in [-0.25, -0.2) is 0 Å². The lowest BCUT2D eigenvalue weighted by atomic mass is 9.97. The number of hydrogen-bond donors (Lipinski definition) is 1. The van der Waals surface area contributed by atoms with Gasteiger partial charge in [-0.3, -0.25) is 4.79 Å². The van der Waals surface area contributed by atoms with Crippen molar-refractivity contribution < 1.29 is 18.0 Å². The minimum atomic E-state index is -4.26. The van der Waals surface area contributed by atoms with Crippen molar-refractivity contribution >= 4 is 22.4 Å².